The fourth-order valence-electron chi connectivity index (χ4n) is 3.49. The Balaban J connectivity index is 1.82. The normalized spacial score (nSPS) is 30.7. The van der Waals surface area contributed by atoms with Gasteiger partial charge in [0.15, 0.2) is 0 Å². The lowest BCUT2D eigenvalue weighted by molar-refractivity contribution is 0.0835. The second kappa shape index (κ2) is 6.91. The van der Waals surface area contributed by atoms with E-state index in [0.717, 1.165) is 23.9 Å². The van der Waals surface area contributed by atoms with Crippen LogP contribution < -0.4 is 5.32 Å². The summed E-state index contributed by atoms with van der Waals surface area (Å²) >= 11 is 0. The molecule has 0 spiro atoms. The maximum atomic E-state index is 3.76. The Morgan fingerprint density at radius 2 is 2.00 bits per heavy atom. The molecule has 1 N–H and O–H groups in total. The molecule has 2 aliphatic rings. The largest absolute Gasteiger partial charge is 0.311 e. The summed E-state index contributed by atoms with van der Waals surface area (Å²) in [4.78, 5) is 2.79. The first kappa shape index (κ1) is 14.3. The molecule has 1 heterocycles. The van der Waals surface area contributed by atoms with Crippen molar-refractivity contribution in [3.8, 4) is 0 Å². The van der Waals surface area contributed by atoms with Crippen LogP contribution in [0.15, 0.2) is 0 Å². The Hall–Kier alpha value is -0.0800. The molecule has 1 saturated carbocycles. The molecule has 106 valence electrons. The van der Waals surface area contributed by atoms with E-state index in [1.165, 1.54) is 58.2 Å². The van der Waals surface area contributed by atoms with Crippen molar-refractivity contribution in [2.24, 2.45) is 11.8 Å². The van der Waals surface area contributed by atoms with Crippen LogP contribution in [0.1, 0.15) is 59.3 Å². The first-order chi connectivity index (χ1) is 8.70. The zero-order valence-corrected chi connectivity index (χ0v) is 12.6. The van der Waals surface area contributed by atoms with E-state index in [1.807, 2.05) is 0 Å². The minimum atomic E-state index is 0.742. The molecule has 18 heavy (non-hydrogen) atoms. The van der Waals surface area contributed by atoms with Crippen LogP contribution in [0.4, 0.5) is 0 Å². The van der Waals surface area contributed by atoms with Gasteiger partial charge >= 0.3 is 0 Å². The Kier molecular flexibility index (Phi) is 5.50. The second-order valence-corrected chi connectivity index (χ2v) is 6.79. The highest BCUT2D eigenvalue weighted by molar-refractivity contribution is 4.88. The van der Waals surface area contributed by atoms with Crippen molar-refractivity contribution < 1.29 is 0 Å². The molecule has 0 aromatic carbocycles. The highest BCUT2D eigenvalue weighted by Gasteiger charge is 2.30. The highest BCUT2D eigenvalue weighted by Crippen LogP contribution is 2.30. The predicted molar refractivity (Wildman–Crippen MR) is 78.9 cm³/mol. The molecule has 1 aliphatic carbocycles. The molecule has 2 fully saturated rings. The van der Waals surface area contributed by atoms with Crippen molar-refractivity contribution in [1.29, 1.82) is 0 Å². The van der Waals surface area contributed by atoms with E-state index in [2.05, 4.69) is 31.0 Å². The van der Waals surface area contributed by atoms with Crippen molar-refractivity contribution >= 4 is 0 Å². The summed E-state index contributed by atoms with van der Waals surface area (Å²) in [6, 6.07) is 1.50. The zero-order valence-electron chi connectivity index (χ0n) is 12.6. The molecular formula is C16H32N2. The standard InChI is InChI=1S/C16H32N2/c1-4-6-15-12-18(10-9-14-7-5-8-14)16(11-17-15)13(2)3/h13-17H,4-12H2,1-3H3. The quantitative estimate of drug-likeness (QED) is 0.780. The van der Waals surface area contributed by atoms with Gasteiger partial charge in [-0.1, -0.05) is 46.5 Å². The van der Waals surface area contributed by atoms with Crippen LogP contribution in [-0.2, 0) is 0 Å². The van der Waals surface area contributed by atoms with Crippen LogP contribution in [-0.4, -0.2) is 36.6 Å². The third kappa shape index (κ3) is 3.71. The number of rotatable bonds is 6. The van der Waals surface area contributed by atoms with Gasteiger partial charge in [0, 0.05) is 25.2 Å². The van der Waals surface area contributed by atoms with Gasteiger partial charge in [-0.25, -0.2) is 0 Å². The second-order valence-electron chi connectivity index (χ2n) is 6.79. The molecule has 2 rings (SSSR count). The van der Waals surface area contributed by atoms with E-state index < -0.39 is 0 Å². The lowest BCUT2D eigenvalue weighted by Gasteiger charge is -2.43. The summed E-state index contributed by atoms with van der Waals surface area (Å²) in [5.74, 6) is 1.83. The summed E-state index contributed by atoms with van der Waals surface area (Å²) in [5, 5.41) is 3.76. The van der Waals surface area contributed by atoms with E-state index in [-0.39, 0.29) is 0 Å². The Morgan fingerprint density at radius 3 is 2.56 bits per heavy atom. The van der Waals surface area contributed by atoms with Crippen LogP contribution in [0.25, 0.3) is 0 Å². The van der Waals surface area contributed by atoms with Gasteiger partial charge in [0.2, 0.25) is 0 Å². The van der Waals surface area contributed by atoms with Gasteiger partial charge in [0.25, 0.3) is 0 Å². The average molecular weight is 252 g/mol. The van der Waals surface area contributed by atoms with Gasteiger partial charge in [-0.3, -0.25) is 4.90 Å². The Morgan fingerprint density at radius 1 is 1.22 bits per heavy atom. The Labute approximate surface area is 114 Å². The van der Waals surface area contributed by atoms with Gasteiger partial charge in [-0.05, 0) is 31.2 Å². The predicted octanol–water partition coefficient (Wildman–Crippen LogP) is 3.28. The number of nitrogens with one attached hydrogen (secondary N) is 1. The minimum absolute atomic E-state index is 0.742. The molecule has 2 heteroatoms. The fraction of sp³-hybridized carbons (Fsp3) is 1.00. The number of hydrogen-bond acceptors (Lipinski definition) is 2. The van der Waals surface area contributed by atoms with Crippen LogP contribution in [0.3, 0.4) is 0 Å². The molecule has 2 nitrogen and oxygen atoms in total. The summed E-state index contributed by atoms with van der Waals surface area (Å²) in [7, 11) is 0. The topological polar surface area (TPSA) is 15.3 Å². The number of piperazine rings is 1. The van der Waals surface area contributed by atoms with Gasteiger partial charge in [0.1, 0.15) is 0 Å². The van der Waals surface area contributed by atoms with Gasteiger partial charge in [-0.15, -0.1) is 0 Å². The lowest BCUT2D eigenvalue weighted by atomic mass is 9.82. The molecule has 1 saturated heterocycles. The van der Waals surface area contributed by atoms with Crippen molar-refractivity contribution in [3.05, 3.63) is 0 Å². The molecular weight excluding hydrogens is 220 g/mol. The third-order valence-corrected chi connectivity index (χ3v) is 5.00. The first-order valence-corrected chi connectivity index (χ1v) is 8.18. The van der Waals surface area contributed by atoms with Crippen LogP contribution in [0.5, 0.6) is 0 Å². The van der Waals surface area contributed by atoms with Crippen LogP contribution in [0.2, 0.25) is 0 Å². The van der Waals surface area contributed by atoms with E-state index in [0.29, 0.717) is 0 Å². The summed E-state index contributed by atoms with van der Waals surface area (Å²) < 4.78 is 0. The molecule has 0 amide bonds. The van der Waals surface area contributed by atoms with Crippen molar-refractivity contribution in [2.75, 3.05) is 19.6 Å². The van der Waals surface area contributed by atoms with Crippen LogP contribution >= 0.6 is 0 Å². The fourth-order valence-corrected chi connectivity index (χ4v) is 3.49. The van der Waals surface area contributed by atoms with E-state index in [4.69, 9.17) is 0 Å². The molecule has 0 bridgehead atoms. The van der Waals surface area contributed by atoms with E-state index in [1.54, 1.807) is 0 Å². The number of nitrogens with zero attached hydrogens (tertiary/aromatic N) is 1. The van der Waals surface area contributed by atoms with Crippen molar-refractivity contribution in [2.45, 2.75) is 71.4 Å². The molecule has 0 aromatic rings. The van der Waals surface area contributed by atoms with E-state index >= 15 is 0 Å². The van der Waals surface area contributed by atoms with Crippen molar-refractivity contribution in [1.82, 2.24) is 10.2 Å². The Bertz CT molecular complexity index is 235. The molecule has 2 atom stereocenters. The smallest absolute Gasteiger partial charge is 0.0244 e. The summed E-state index contributed by atoms with van der Waals surface area (Å²) in [6.07, 6.45) is 8.57. The molecule has 0 radical (unpaired) electrons. The van der Waals surface area contributed by atoms with Gasteiger partial charge < -0.3 is 5.32 Å². The lowest BCUT2D eigenvalue weighted by Crippen LogP contribution is -2.58. The monoisotopic (exact) mass is 252 g/mol. The van der Waals surface area contributed by atoms with Crippen molar-refractivity contribution in [3.63, 3.8) is 0 Å². The average Bonchev–Trinajstić information content (AvgIpc) is 2.27. The maximum absolute atomic E-state index is 3.76. The number of hydrogen-bond donors (Lipinski definition) is 1. The first-order valence-electron chi connectivity index (χ1n) is 8.18. The summed E-state index contributed by atoms with van der Waals surface area (Å²) in [6.45, 7) is 10.9. The van der Waals surface area contributed by atoms with Crippen LogP contribution in [0, 0.1) is 11.8 Å². The van der Waals surface area contributed by atoms with Gasteiger partial charge in [0.05, 0.1) is 0 Å². The summed E-state index contributed by atoms with van der Waals surface area (Å²) in [5.41, 5.74) is 0. The minimum Gasteiger partial charge on any atom is -0.311 e. The van der Waals surface area contributed by atoms with Gasteiger partial charge in [-0.2, -0.15) is 0 Å². The molecule has 0 aromatic heterocycles. The third-order valence-electron chi connectivity index (χ3n) is 5.00. The molecule has 1 aliphatic heterocycles. The maximum Gasteiger partial charge on any atom is 0.0244 e. The van der Waals surface area contributed by atoms with E-state index in [9.17, 15) is 0 Å². The molecule has 2 unspecified atom stereocenters. The zero-order chi connectivity index (χ0) is 13.0. The highest BCUT2D eigenvalue weighted by atomic mass is 15.2. The SMILES string of the molecule is CCCC1CN(CCC2CCC2)C(C(C)C)CN1.